The number of aromatic nitrogens is 2. The molecule has 19 heavy (non-hydrogen) atoms. The highest BCUT2D eigenvalue weighted by atomic mass is 16.5. The van der Waals surface area contributed by atoms with Crippen LogP contribution in [-0.4, -0.2) is 45.2 Å². The fourth-order valence-electron chi connectivity index (χ4n) is 1.72. The summed E-state index contributed by atoms with van der Waals surface area (Å²) in [4.78, 5) is 10.6. The van der Waals surface area contributed by atoms with E-state index in [-0.39, 0.29) is 0 Å². The van der Waals surface area contributed by atoms with Crippen LogP contribution in [0.3, 0.4) is 0 Å². The molecule has 1 N–H and O–H groups in total. The van der Waals surface area contributed by atoms with Gasteiger partial charge in [0.25, 0.3) is 0 Å². The molecule has 0 amide bonds. The van der Waals surface area contributed by atoms with Gasteiger partial charge in [0.15, 0.2) is 6.54 Å². The molecule has 0 atom stereocenters. The van der Waals surface area contributed by atoms with Crippen LogP contribution in [0.2, 0.25) is 0 Å². The van der Waals surface area contributed by atoms with Gasteiger partial charge in [-0.3, -0.25) is 0 Å². The van der Waals surface area contributed by atoms with E-state index in [1.807, 2.05) is 18.5 Å². The van der Waals surface area contributed by atoms with Crippen molar-refractivity contribution in [1.82, 2.24) is 5.10 Å². The van der Waals surface area contributed by atoms with Crippen LogP contribution in [0.5, 0.6) is 0 Å². The second-order valence-electron chi connectivity index (χ2n) is 4.13. The van der Waals surface area contributed by atoms with Crippen molar-refractivity contribution in [2.45, 2.75) is 20.4 Å². The molecule has 7 nitrogen and oxygen atoms in total. The Hall–Kier alpha value is -1.31. The van der Waals surface area contributed by atoms with Crippen molar-refractivity contribution >= 4 is 5.69 Å². The molecule has 0 aromatic carbocycles. The highest BCUT2D eigenvalue weighted by Gasteiger charge is 2.19. The van der Waals surface area contributed by atoms with Gasteiger partial charge in [-0.15, -0.1) is 9.59 Å². The van der Waals surface area contributed by atoms with E-state index in [0.29, 0.717) is 45.3 Å². The summed E-state index contributed by atoms with van der Waals surface area (Å²) in [6, 6.07) is 0. The van der Waals surface area contributed by atoms with Crippen LogP contribution in [0.4, 0.5) is 5.69 Å². The van der Waals surface area contributed by atoms with Gasteiger partial charge < -0.3 is 14.2 Å². The van der Waals surface area contributed by atoms with E-state index in [4.69, 9.17) is 14.2 Å². The van der Waals surface area contributed by atoms with Gasteiger partial charge >= 0.3 is 0 Å². The molecule has 0 saturated carbocycles. The minimum atomic E-state index is 0.475. The highest BCUT2D eigenvalue weighted by molar-refractivity contribution is 5.42. The lowest BCUT2D eigenvalue weighted by atomic mass is 10.3. The lowest BCUT2D eigenvalue weighted by Gasteiger charge is -2.03. The summed E-state index contributed by atoms with van der Waals surface area (Å²) >= 11 is 0. The molecule has 108 valence electrons. The van der Waals surface area contributed by atoms with Crippen LogP contribution in [-0.2, 0) is 20.8 Å². The Morgan fingerprint density at radius 2 is 1.74 bits per heavy atom. The van der Waals surface area contributed by atoms with Crippen molar-refractivity contribution in [3.8, 4) is 0 Å². The van der Waals surface area contributed by atoms with Crippen LogP contribution in [0.1, 0.15) is 11.4 Å². The smallest absolute Gasteiger partial charge is 0.234 e. The van der Waals surface area contributed by atoms with Crippen LogP contribution in [0.25, 0.3) is 0 Å². The van der Waals surface area contributed by atoms with E-state index in [0.717, 1.165) is 11.4 Å². The summed E-state index contributed by atoms with van der Waals surface area (Å²) in [6.07, 6.45) is 0. The normalized spacial score (nSPS) is 10.9. The van der Waals surface area contributed by atoms with E-state index in [2.05, 4.69) is 10.3 Å². The third-order valence-corrected chi connectivity index (χ3v) is 2.76. The summed E-state index contributed by atoms with van der Waals surface area (Å²) in [5, 5.41) is 6.08. The van der Waals surface area contributed by atoms with Gasteiger partial charge in [-0.05, 0) is 12.1 Å². The molecule has 0 aliphatic carbocycles. The minimum Gasteiger partial charge on any atom is -0.382 e. The van der Waals surface area contributed by atoms with Crippen molar-refractivity contribution in [3.05, 3.63) is 16.3 Å². The predicted molar refractivity (Wildman–Crippen MR) is 69.4 cm³/mol. The van der Waals surface area contributed by atoms with Gasteiger partial charge in [-0.1, -0.05) is 0 Å². The fourth-order valence-corrected chi connectivity index (χ4v) is 1.72. The maximum atomic E-state index is 10.6. The van der Waals surface area contributed by atoms with Crippen molar-refractivity contribution in [3.63, 3.8) is 0 Å². The first-order valence-electron chi connectivity index (χ1n) is 6.27. The Kier molecular flexibility index (Phi) is 7.24. The molecule has 0 radical (unpaired) electrons. The number of aromatic amines is 1. The molecule has 1 aromatic heterocycles. The van der Waals surface area contributed by atoms with Gasteiger partial charge in [-0.25, -0.2) is 0 Å². The van der Waals surface area contributed by atoms with E-state index in [1.165, 1.54) is 0 Å². The van der Waals surface area contributed by atoms with Gasteiger partial charge in [0.2, 0.25) is 11.4 Å². The molecular weight excluding hydrogens is 250 g/mol. The molecule has 0 aliphatic heterocycles. The topological polar surface area (TPSA) is 76.8 Å². The molecule has 0 fully saturated rings. The summed E-state index contributed by atoms with van der Waals surface area (Å²) < 4.78 is 17.4. The molecule has 0 unspecified atom stereocenters. The number of ether oxygens (including phenoxy) is 3. The van der Waals surface area contributed by atoms with Crippen molar-refractivity contribution in [1.29, 1.82) is 0 Å². The molecule has 0 saturated heterocycles. The Bertz CT molecular complexity index is 393. The first-order chi connectivity index (χ1) is 9.20. The number of hydrogen-bond acceptors (Lipinski definition) is 5. The Morgan fingerprint density at radius 3 is 2.32 bits per heavy atom. The largest absolute Gasteiger partial charge is 0.382 e. The molecule has 1 rings (SSSR count). The van der Waals surface area contributed by atoms with E-state index in [9.17, 15) is 4.91 Å². The number of nitroso groups, excluding NO2 is 1. The Labute approximate surface area is 112 Å². The second kappa shape index (κ2) is 8.73. The molecule has 0 bridgehead atoms. The molecule has 0 aliphatic rings. The third-order valence-electron chi connectivity index (χ3n) is 2.76. The monoisotopic (exact) mass is 272 g/mol. The number of aryl methyl sites for hydroxylation is 1. The predicted octanol–water partition coefficient (Wildman–Crippen LogP) is 0.997. The first-order valence-corrected chi connectivity index (χ1v) is 6.27. The number of rotatable bonds is 10. The quantitative estimate of drug-likeness (QED) is 0.391. The molecule has 0 spiro atoms. The first kappa shape index (κ1) is 15.7. The summed E-state index contributed by atoms with van der Waals surface area (Å²) in [7, 11) is 1.64. The Morgan fingerprint density at radius 1 is 1.11 bits per heavy atom. The van der Waals surface area contributed by atoms with E-state index in [1.54, 1.807) is 7.11 Å². The maximum absolute atomic E-state index is 10.6. The lowest BCUT2D eigenvalue weighted by Crippen LogP contribution is -2.40. The van der Waals surface area contributed by atoms with Gasteiger partial charge in [0, 0.05) is 14.0 Å². The zero-order valence-corrected chi connectivity index (χ0v) is 11.8. The summed E-state index contributed by atoms with van der Waals surface area (Å²) in [5.74, 6) is 0. The molecule has 7 heteroatoms. The zero-order valence-electron chi connectivity index (χ0n) is 11.8. The lowest BCUT2D eigenvalue weighted by molar-refractivity contribution is -0.756. The Balaban J connectivity index is 2.18. The standard InChI is InChI=1S/C12H21N3O4/c1-10-12(14-16)11(2)15(13-10)4-5-18-8-9-19-7-6-17-3/h4-9H2,1-3H3/p+1. The SMILES string of the molecule is COCCOCCOCC[n+]1[nH]c(C)c(N=O)c1C. The maximum Gasteiger partial charge on any atom is 0.234 e. The number of nitrogens with one attached hydrogen (secondary N) is 1. The van der Waals surface area contributed by atoms with Gasteiger partial charge in [-0.2, -0.15) is 5.10 Å². The number of hydrogen-bond donors (Lipinski definition) is 1. The van der Waals surface area contributed by atoms with Crippen LogP contribution in [0.15, 0.2) is 5.18 Å². The second-order valence-corrected chi connectivity index (χ2v) is 4.13. The minimum absolute atomic E-state index is 0.475. The summed E-state index contributed by atoms with van der Waals surface area (Å²) in [5.41, 5.74) is 2.07. The van der Waals surface area contributed by atoms with Gasteiger partial charge in [0.1, 0.15) is 12.3 Å². The van der Waals surface area contributed by atoms with Crippen molar-refractivity contribution in [2.75, 3.05) is 40.1 Å². The number of methoxy groups -OCH3 is 1. The molecule has 1 heterocycles. The van der Waals surface area contributed by atoms with Crippen LogP contribution < -0.4 is 4.68 Å². The fraction of sp³-hybridized carbons (Fsp3) is 0.750. The summed E-state index contributed by atoms with van der Waals surface area (Å²) in [6.45, 7) is 7.16. The van der Waals surface area contributed by atoms with Crippen LogP contribution in [0, 0.1) is 18.8 Å². The van der Waals surface area contributed by atoms with E-state index < -0.39 is 0 Å². The molecule has 1 aromatic rings. The van der Waals surface area contributed by atoms with Gasteiger partial charge in [0.05, 0.1) is 26.4 Å². The highest BCUT2D eigenvalue weighted by Crippen LogP contribution is 2.17. The van der Waals surface area contributed by atoms with E-state index >= 15 is 0 Å². The van der Waals surface area contributed by atoms with Crippen molar-refractivity contribution in [2.24, 2.45) is 5.18 Å². The average Bonchev–Trinajstić information content (AvgIpc) is 2.67. The number of nitrogens with zero attached hydrogens (tertiary/aromatic N) is 2. The average molecular weight is 272 g/mol. The zero-order chi connectivity index (χ0) is 14.1. The third kappa shape index (κ3) is 5.06. The number of H-pyrrole nitrogens is 1. The molecular formula is C12H22N3O4+. The van der Waals surface area contributed by atoms with Crippen LogP contribution >= 0.6 is 0 Å². The van der Waals surface area contributed by atoms with Crippen molar-refractivity contribution < 1.29 is 18.9 Å².